The van der Waals surface area contributed by atoms with Crippen LogP contribution in [-0.4, -0.2) is 15.9 Å². The van der Waals surface area contributed by atoms with Crippen molar-refractivity contribution in [2.24, 2.45) is 0 Å². The minimum absolute atomic E-state index is 0.0581. The predicted octanol–water partition coefficient (Wildman–Crippen LogP) is 3.13. The fraction of sp³-hybridized carbons (Fsp3) is 0.200. The van der Waals surface area contributed by atoms with Crippen molar-refractivity contribution in [3.8, 4) is 11.8 Å². The fourth-order valence-corrected chi connectivity index (χ4v) is 1.61. The third kappa shape index (κ3) is 4.70. The number of pyridine rings is 1. The van der Waals surface area contributed by atoms with Crippen molar-refractivity contribution in [3.63, 3.8) is 0 Å². The van der Waals surface area contributed by atoms with Gasteiger partial charge in [0.2, 0.25) is 0 Å². The van der Waals surface area contributed by atoms with Gasteiger partial charge in [-0.1, -0.05) is 35.2 Å². The predicted molar refractivity (Wildman–Crippen MR) is 67.0 cm³/mol. The molecule has 1 heterocycles. The molecule has 1 aromatic rings. The third-order valence-corrected chi connectivity index (χ3v) is 2.81. The number of aromatic nitrogens is 1. The number of nitrogens with zero attached hydrogens (tertiary/aromatic N) is 1. The summed E-state index contributed by atoms with van der Waals surface area (Å²) in [6.07, 6.45) is 1.61. The second-order valence-corrected chi connectivity index (χ2v) is 5.00. The zero-order valence-corrected chi connectivity index (χ0v) is 11.0. The Hall–Kier alpha value is -0.500. The molecule has 0 aliphatic carbocycles. The van der Waals surface area contributed by atoms with Crippen LogP contribution >= 0.6 is 39.3 Å². The van der Waals surface area contributed by atoms with E-state index in [1.165, 1.54) is 18.7 Å². The molecule has 0 amide bonds. The van der Waals surface area contributed by atoms with Crippen molar-refractivity contribution < 1.29 is 4.79 Å². The number of carbonyl (C=O) groups excluding carboxylic acids is 1. The fourth-order valence-electron chi connectivity index (χ4n) is 0.779. The first-order valence-electron chi connectivity index (χ1n) is 4.03. The summed E-state index contributed by atoms with van der Waals surface area (Å²) in [7, 11) is 0. The molecule has 0 bridgehead atoms. The highest BCUT2D eigenvalue weighted by Gasteiger charge is 1.98. The van der Waals surface area contributed by atoms with Gasteiger partial charge in [0, 0.05) is 17.6 Å². The van der Waals surface area contributed by atoms with Crippen molar-refractivity contribution in [2.45, 2.75) is 6.92 Å². The van der Waals surface area contributed by atoms with E-state index in [0.29, 0.717) is 16.5 Å². The van der Waals surface area contributed by atoms with Crippen LogP contribution in [0.2, 0.25) is 5.15 Å². The summed E-state index contributed by atoms with van der Waals surface area (Å²) in [6.45, 7) is 1.51. The van der Waals surface area contributed by atoms with Crippen molar-refractivity contribution in [2.75, 3.05) is 5.75 Å². The van der Waals surface area contributed by atoms with E-state index in [1.807, 2.05) is 0 Å². The van der Waals surface area contributed by atoms with Crippen molar-refractivity contribution >= 4 is 44.4 Å². The molecule has 0 unspecified atom stereocenters. The zero-order valence-electron chi connectivity index (χ0n) is 7.88. The van der Waals surface area contributed by atoms with E-state index in [9.17, 15) is 4.79 Å². The molecule has 0 saturated heterocycles. The first kappa shape index (κ1) is 12.6. The van der Waals surface area contributed by atoms with Gasteiger partial charge in [-0.3, -0.25) is 4.79 Å². The lowest BCUT2D eigenvalue weighted by molar-refractivity contribution is -0.109. The Kier molecular flexibility index (Phi) is 5.16. The lowest BCUT2D eigenvalue weighted by Gasteiger charge is -1.94. The Morgan fingerprint density at radius 3 is 3.13 bits per heavy atom. The summed E-state index contributed by atoms with van der Waals surface area (Å²) in [5.74, 6) is 6.18. The minimum Gasteiger partial charge on any atom is -0.288 e. The van der Waals surface area contributed by atoms with Crippen LogP contribution < -0.4 is 0 Å². The van der Waals surface area contributed by atoms with E-state index >= 15 is 0 Å². The largest absolute Gasteiger partial charge is 0.288 e. The number of halogens is 2. The van der Waals surface area contributed by atoms with E-state index in [4.69, 9.17) is 11.6 Å². The van der Waals surface area contributed by atoms with Gasteiger partial charge in [0.15, 0.2) is 5.12 Å². The van der Waals surface area contributed by atoms with Crippen LogP contribution in [0.25, 0.3) is 0 Å². The molecule has 0 saturated carbocycles. The minimum atomic E-state index is 0.0581. The van der Waals surface area contributed by atoms with E-state index < -0.39 is 0 Å². The second-order valence-electron chi connectivity index (χ2n) is 2.57. The Labute approximate surface area is 106 Å². The summed E-state index contributed by atoms with van der Waals surface area (Å²) >= 11 is 10.3. The van der Waals surface area contributed by atoms with Gasteiger partial charge in [-0.2, -0.15) is 0 Å². The quantitative estimate of drug-likeness (QED) is 0.590. The van der Waals surface area contributed by atoms with Gasteiger partial charge < -0.3 is 0 Å². The molecule has 1 aromatic heterocycles. The first-order chi connectivity index (χ1) is 7.09. The topological polar surface area (TPSA) is 30.0 Å². The smallest absolute Gasteiger partial charge is 0.186 e. The number of rotatable bonds is 1. The number of hydrogen-bond donors (Lipinski definition) is 0. The summed E-state index contributed by atoms with van der Waals surface area (Å²) in [6, 6.07) is 1.79. The van der Waals surface area contributed by atoms with Crippen LogP contribution in [0.5, 0.6) is 0 Å². The molecular formula is C10H7BrClNOS. The number of thioether (sulfide) groups is 1. The van der Waals surface area contributed by atoms with Crippen LogP contribution in [-0.2, 0) is 4.79 Å². The van der Waals surface area contributed by atoms with Crippen LogP contribution in [0, 0.1) is 11.8 Å². The number of hydrogen-bond acceptors (Lipinski definition) is 3. The Morgan fingerprint density at radius 1 is 1.73 bits per heavy atom. The van der Waals surface area contributed by atoms with Gasteiger partial charge >= 0.3 is 0 Å². The average molecular weight is 305 g/mol. The van der Waals surface area contributed by atoms with Crippen molar-refractivity contribution in [3.05, 3.63) is 27.5 Å². The highest BCUT2D eigenvalue weighted by Crippen LogP contribution is 2.16. The maximum Gasteiger partial charge on any atom is 0.186 e. The molecule has 1 rings (SSSR count). The van der Waals surface area contributed by atoms with Crippen LogP contribution in [0.4, 0.5) is 0 Å². The highest BCUT2D eigenvalue weighted by molar-refractivity contribution is 9.10. The standard InChI is InChI=1S/C10H7BrClNOS/c1-7(14)15-4-2-3-8-5-9(11)6-13-10(8)12/h5-6H,4H2,1H3. The highest BCUT2D eigenvalue weighted by atomic mass is 79.9. The molecule has 2 nitrogen and oxygen atoms in total. The molecule has 0 aromatic carbocycles. The van der Waals surface area contributed by atoms with E-state index in [-0.39, 0.29) is 5.12 Å². The zero-order chi connectivity index (χ0) is 11.3. The van der Waals surface area contributed by atoms with Crippen molar-refractivity contribution in [1.29, 1.82) is 0 Å². The lowest BCUT2D eigenvalue weighted by atomic mass is 10.3. The summed E-state index contributed by atoms with van der Waals surface area (Å²) in [5, 5.41) is 0.432. The first-order valence-corrected chi connectivity index (χ1v) is 6.18. The lowest BCUT2D eigenvalue weighted by Crippen LogP contribution is -1.84. The molecular weight excluding hydrogens is 298 g/mol. The molecule has 0 aliphatic rings. The van der Waals surface area contributed by atoms with E-state index in [1.54, 1.807) is 12.3 Å². The van der Waals surface area contributed by atoms with Gasteiger partial charge in [0.1, 0.15) is 5.15 Å². The molecule has 15 heavy (non-hydrogen) atoms. The van der Waals surface area contributed by atoms with Crippen LogP contribution in [0.1, 0.15) is 12.5 Å². The average Bonchev–Trinajstić information content (AvgIpc) is 2.17. The molecule has 0 N–H and O–H groups in total. The molecule has 0 atom stereocenters. The molecule has 0 spiro atoms. The summed E-state index contributed by atoms with van der Waals surface area (Å²) < 4.78 is 0.829. The van der Waals surface area contributed by atoms with Gasteiger partial charge in [-0.05, 0) is 22.0 Å². The monoisotopic (exact) mass is 303 g/mol. The summed E-state index contributed by atoms with van der Waals surface area (Å²) in [5.41, 5.74) is 0.662. The number of carbonyl (C=O) groups is 1. The molecule has 0 radical (unpaired) electrons. The van der Waals surface area contributed by atoms with Gasteiger partial charge in [-0.25, -0.2) is 4.98 Å². The summed E-state index contributed by atoms with van der Waals surface area (Å²) in [4.78, 5) is 14.6. The SMILES string of the molecule is CC(=O)SCC#Cc1cc(Br)cnc1Cl. The van der Waals surface area contributed by atoms with Gasteiger partial charge in [0.05, 0.1) is 11.3 Å². The molecule has 5 heteroatoms. The Morgan fingerprint density at radius 2 is 2.47 bits per heavy atom. The Balaban J connectivity index is 2.71. The van der Waals surface area contributed by atoms with Crippen LogP contribution in [0.3, 0.4) is 0 Å². The van der Waals surface area contributed by atoms with Crippen molar-refractivity contribution in [1.82, 2.24) is 4.98 Å². The van der Waals surface area contributed by atoms with Gasteiger partial charge in [-0.15, -0.1) is 0 Å². The molecule has 78 valence electrons. The van der Waals surface area contributed by atoms with E-state index in [0.717, 1.165) is 4.47 Å². The maximum atomic E-state index is 10.6. The normalized spacial score (nSPS) is 9.27. The molecule has 0 fully saturated rings. The van der Waals surface area contributed by atoms with E-state index in [2.05, 4.69) is 32.8 Å². The molecule has 0 aliphatic heterocycles. The van der Waals surface area contributed by atoms with Gasteiger partial charge in [0.25, 0.3) is 0 Å². The Bertz CT molecular complexity index is 439. The maximum absolute atomic E-state index is 10.6. The van der Waals surface area contributed by atoms with Crippen LogP contribution in [0.15, 0.2) is 16.7 Å². The second kappa shape index (κ2) is 6.16. The third-order valence-electron chi connectivity index (χ3n) is 1.38.